The zero-order chi connectivity index (χ0) is 13.2. The standard InChI is InChI=1S/C15H12FN2O/c1-18-8-6-12(7-9-18)15-17-10-14(19-15)11-2-4-13(16)5-3-11/h2-10H,1H3/q+1. The molecule has 3 aromatic rings. The molecule has 0 aliphatic carbocycles. The van der Waals surface area contributed by atoms with Crippen LogP contribution < -0.4 is 4.57 Å². The Bertz CT molecular complexity index is 627. The van der Waals surface area contributed by atoms with E-state index in [1.165, 1.54) is 12.1 Å². The fraction of sp³-hybridized carbons (Fsp3) is 0.0667. The van der Waals surface area contributed by atoms with E-state index in [0.717, 1.165) is 11.1 Å². The van der Waals surface area contributed by atoms with Gasteiger partial charge in [0.05, 0.1) is 6.20 Å². The van der Waals surface area contributed by atoms with Gasteiger partial charge in [-0.2, -0.15) is 0 Å². The lowest BCUT2D eigenvalue weighted by molar-refractivity contribution is -0.671. The Morgan fingerprint density at radius 1 is 1.00 bits per heavy atom. The molecule has 1 aromatic carbocycles. The first kappa shape index (κ1) is 11.6. The first-order chi connectivity index (χ1) is 9.22. The van der Waals surface area contributed by atoms with E-state index < -0.39 is 0 Å². The van der Waals surface area contributed by atoms with Crippen molar-refractivity contribution in [3.05, 3.63) is 60.8 Å². The number of halogens is 1. The lowest BCUT2D eigenvalue weighted by Gasteiger charge is -1.96. The number of nitrogens with zero attached hydrogens (tertiary/aromatic N) is 2. The Hall–Kier alpha value is -2.49. The fourth-order valence-electron chi connectivity index (χ4n) is 1.80. The Kier molecular flexibility index (Phi) is 2.83. The van der Waals surface area contributed by atoms with Crippen LogP contribution in [0.1, 0.15) is 0 Å². The number of aryl methyl sites for hydroxylation is 1. The minimum Gasteiger partial charge on any atom is -0.436 e. The van der Waals surface area contributed by atoms with Crippen molar-refractivity contribution >= 4 is 0 Å². The average Bonchev–Trinajstić information content (AvgIpc) is 2.90. The van der Waals surface area contributed by atoms with Gasteiger partial charge in [-0.1, -0.05) is 0 Å². The van der Waals surface area contributed by atoms with Gasteiger partial charge in [0.1, 0.15) is 12.9 Å². The molecule has 0 unspecified atom stereocenters. The summed E-state index contributed by atoms with van der Waals surface area (Å²) in [4.78, 5) is 4.25. The van der Waals surface area contributed by atoms with E-state index in [9.17, 15) is 4.39 Å². The second kappa shape index (κ2) is 4.65. The molecule has 2 heterocycles. The molecule has 0 aliphatic rings. The monoisotopic (exact) mass is 255 g/mol. The number of hydrogen-bond acceptors (Lipinski definition) is 2. The molecule has 0 saturated carbocycles. The minimum absolute atomic E-state index is 0.265. The van der Waals surface area contributed by atoms with Crippen molar-refractivity contribution < 1.29 is 13.4 Å². The van der Waals surface area contributed by atoms with Gasteiger partial charge in [-0.3, -0.25) is 0 Å². The van der Waals surface area contributed by atoms with Crippen molar-refractivity contribution in [2.24, 2.45) is 7.05 Å². The van der Waals surface area contributed by atoms with Gasteiger partial charge in [0, 0.05) is 23.3 Å². The van der Waals surface area contributed by atoms with Gasteiger partial charge in [0.2, 0.25) is 5.89 Å². The number of oxazole rings is 1. The molecule has 0 N–H and O–H groups in total. The lowest BCUT2D eigenvalue weighted by atomic mass is 10.2. The summed E-state index contributed by atoms with van der Waals surface area (Å²) in [5.41, 5.74) is 1.72. The summed E-state index contributed by atoms with van der Waals surface area (Å²) in [6.45, 7) is 0. The van der Waals surface area contributed by atoms with Crippen molar-refractivity contribution in [1.82, 2.24) is 4.98 Å². The van der Waals surface area contributed by atoms with Gasteiger partial charge in [0.25, 0.3) is 0 Å². The molecule has 19 heavy (non-hydrogen) atoms. The first-order valence-electron chi connectivity index (χ1n) is 5.90. The molecule has 0 saturated heterocycles. The number of aromatic nitrogens is 2. The van der Waals surface area contributed by atoms with Crippen molar-refractivity contribution in [3.63, 3.8) is 0 Å². The molecule has 3 rings (SSSR count). The predicted octanol–water partition coefficient (Wildman–Crippen LogP) is 2.97. The molecule has 0 atom stereocenters. The summed E-state index contributed by atoms with van der Waals surface area (Å²) in [5.74, 6) is 0.919. The van der Waals surface area contributed by atoms with E-state index in [1.807, 2.05) is 36.1 Å². The van der Waals surface area contributed by atoms with Gasteiger partial charge in [-0.25, -0.2) is 13.9 Å². The van der Waals surface area contributed by atoms with Crippen LogP contribution in [0.25, 0.3) is 22.8 Å². The fourth-order valence-corrected chi connectivity index (χ4v) is 1.80. The van der Waals surface area contributed by atoms with Crippen molar-refractivity contribution in [3.8, 4) is 22.8 Å². The summed E-state index contributed by atoms with van der Waals surface area (Å²) >= 11 is 0. The zero-order valence-corrected chi connectivity index (χ0v) is 10.4. The Morgan fingerprint density at radius 3 is 2.37 bits per heavy atom. The molecule has 4 heteroatoms. The minimum atomic E-state index is -0.265. The number of hydrogen-bond donors (Lipinski definition) is 0. The van der Waals surface area contributed by atoms with E-state index in [4.69, 9.17) is 4.42 Å². The highest BCUT2D eigenvalue weighted by atomic mass is 19.1. The van der Waals surface area contributed by atoms with Crippen LogP contribution in [-0.4, -0.2) is 4.98 Å². The highest BCUT2D eigenvalue weighted by molar-refractivity contribution is 5.60. The molecule has 0 aliphatic heterocycles. The summed E-state index contributed by atoms with van der Waals surface area (Å²) in [6, 6.07) is 10.0. The number of rotatable bonds is 2. The molecule has 0 spiro atoms. The van der Waals surface area contributed by atoms with E-state index in [0.29, 0.717) is 11.7 Å². The smallest absolute Gasteiger partial charge is 0.227 e. The third-order valence-corrected chi connectivity index (χ3v) is 2.86. The maximum atomic E-state index is 12.9. The molecule has 0 bridgehead atoms. The zero-order valence-electron chi connectivity index (χ0n) is 10.4. The Labute approximate surface area is 110 Å². The quantitative estimate of drug-likeness (QED) is 0.659. The van der Waals surface area contributed by atoms with Gasteiger partial charge >= 0.3 is 0 Å². The average molecular weight is 255 g/mol. The van der Waals surface area contributed by atoms with Crippen LogP contribution in [0, 0.1) is 5.82 Å². The third-order valence-electron chi connectivity index (χ3n) is 2.86. The SMILES string of the molecule is C[n+]1ccc(-c2ncc(-c3ccc(F)cc3)o2)cc1. The normalized spacial score (nSPS) is 10.6. The predicted molar refractivity (Wildman–Crippen MR) is 68.5 cm³/mol. The van der Waals surface area contributed by atoms with Gasteiger partial charge in [0.15, 0.2) is 18.2 Å². The molecule has 94 valence electrons. The number of benzene rings is 1. The van der Waals surface area contributed by atoms with Crippen LogP contribution >= 0.6 is 0 Å². The molecule has 0 fully saturated rings. The summed E-state index contributed by atoms with van der Waals surface area (Å²) < 4.78 is 20.5. The van der Waals surface area contributed by atoms with E-state index in [-0.39, 0.29) is 5.82 Å². The molecule has 2 aromatic heterocycles. The van der Waals surface area contributed by atoms with Crippen molar-refractivity contribution in [1.29, 1.82) is 0 Å². The van der Waals surface area contributed by atoms with Crippen LogP contribution in [0.2, 0.25) is 0 Å². The molecular weight excluding hydrogens is 243 g/mol. The highest BCUT2D eigenvalue weighted by Gasteiger charge is 2.09. The maximum Gasteiger partial charge on any atom is 0.227 e. The molecule has 3 nitrogen and oxygen atoms in total. The van der Waals surface area contributed by atoms with E-state index >= 15 is 0 Å². The van der Waals surface area contributed by atoms with Crippen molar-refractivity contribution in [2.45, 2.75) is 0 Å². The Morgan fingerprint density at radius 2 is 1.68 bits per heavy atom. The number of pyridine rings is 1. The first-order valence-corrected chi connectivity index (χ1v) is 5.90. The topological polar surface area (TPSA) is 29.9 Å². The maximum absolute atomic E-state index is 12.9. The molecular formula is C15H12FN2O+. The van der Waals surface area contributed by atoms with Crippen LogP contribution in [-0.2, 0) is 7.05 Å². The van der Waals surface area contributed by atoms with Crippen LogP contribution in [0.3, 0.4) is 0 Å². The van der Waals surface area contributed by atoms with Crippen molar-refractivity contribution in [2.75, 3.05) is 0 Å². The Balaban J connectivity index is 1.95. The van der Waals surface area contributed by atoms with Crippen LogP contribution in [0.4, 0.5) is 4.39 Å². The second-order valence-corrected chi connectivity index (χ2v) is 4.29. The summed E-state index contributed by atoms with van der Waals surface area (Å²) in [7, 11) is 1.95. The van der Waals surface area contributed by atoms with Crippen LogP contribution in [0.15, 0.2) is 59.4 Å². The van der Waals surface area contributed by atoms with E-state index in [1.54, 1.807) is 18.3 Å². The molecule has 0 amide bonds. The van der Waals surface area contributed by atoms with Gasteiger partial charge in [-0.05, 0) is 24.3 Å². The van der Waals surface area contributed by atoms with Gasteiger partial charge in [-0.15, -0.1) is 0 Å². The van der Waals surface area contributed by atoms with Gasteiger partial charge < -0.3 is 4.42 Å². The van der Waals surface area contributed by atoms with E-state index in [2.05, 4.69) is 4.98 Å². The lowest BCUT2D eigenvalue weighted by Crippen LogP contribution is -2.25. The summed E-state index contributed by atoms with van der Waals surface area (Å²) in [5, 5.41) is 0. The third kappa shape index (κ3) is 2.38. The second-order valence-electron chi connectivity index (χ2n) is 4.29. The largest absolute Gasteiger partial charge is 0.436 e. The van der Waals surface area contributed by atoms with Crippen LogP contribution in [0.5, 0.6) is 0 Å². The molecule has 0 radical (unpaired) electrons. The highest BCUT2D eigenvalue weighted by Crippen LogP contribution is 2.25. The summed E-state index contributed by atoms with van der Waals surface area (Å²) in [6.07, 6.45) is 5.50.